The van der Waals surface area contributed by atoms with Gasteiger partial charge in [0.25, 0.3) is 11.8 Å². The third-order valence-corrected chi connectivity index (χ3v) is 6.48. The molecular formula is C28H32N4O5S. The number of thiophene rings is 1. The van der Waals surface area contributed by atoms with Crippen molar-refractivity contribution in [3.05, 3.63) is 93.7 Å². The standard InChI is InChI=1S/C28H32N4O5S/c1-19(2)16-23(29-28(35)36-17-21-10-6-4-7-11-21)26(33)30-31-27(34)25-15-14-24(38-25)20(3)32-37-18-22-12-8-5-9-13-22/h4-15,19,23H,16-18H2,1-3H3,(H,29,35)(H,30,33)(H,31,34)/t23-/m0/s1. The maximum absolute atomic E-state index is 12.7. The van der Waals surface area contributed by atoms with Crippen LogP contribution in [0.25, 0.3) is 0 Å². The van der Waals surface area contributed by atoms with Gasteiger partial charge in [-0.05, 0) is 42.5 Å². The first-order valence-electron chi connectivity index (χ1n) is 12.2. The van der Waals surface area contributed by atoms with E-state index in [4.69, 9.17) is 9.57 Å². The molecule has 10 heteroatoms. The first-order chi connectivity index (χ1) is 18.3. The molecule has 0 bridgehead atoms. The predicted molar refractivity (Wildman–Crippen MR) is 146 cm³/mol. The molecule has 0 aliphatic heterocycles. The van der Waals surface area contributed by atoms with Gasteiger partial charge in [-0.2, -0.15) is 0 Å². The Bertz CT molecular complexity index is 1230. The minimum absolute atomic E-state index is 0.0835. The quantitative estimate of drug-likeness (QED) is 0.241. The van der Waals surface area contributed by atoms with Crippen LogP contribution in [0.1, 0.15) is 52.9 Å². The zero-order valence-electron chi connectivity index (χ0n) is 21.6. The number of alkyl carbamates (subject to hydrolysis) is 1. The first-order valence-corrected chi connectivity index (χ1v) is 13.0. The van der Waals surface area contributed by atoms with Crippen LogP contribution in [0.15, 0.2) is 78.0 Å². The van der Waals surface area contributed by atoms with Crippen LogP contribution in [-0.4, -0.2) is 29.7 Å². The number of nitrogens with zero attached hydrogens (tertiary/aromatic N) is 1. The van der Waals surface area contributed by atoms with Crippen LogP contribution in [-0.2, 0) is 27.6 Å². The highest BCUT2D eigenvalue weighted by Crippen LogP contribution is 2.18. The Kier molecular flexibility index (Phi) is 10.9. The van der Waals surface area contributed by atoms with E-state index >= 15 is 0 Å². The minimum atomic E-state index is -0.881. The van der Waals surface area contributed by atoms with Crippen LogP contribution >= 0.6 is 11.3 Å². The van der Waals surface area contributed by atoms with Crippen LogP contribution in [0, 0.1) is 5.92 Å². The molecule has 0 aliphatic rings. The first kappa shape index (κ1) is 28.4. The molecule has 0 spiro atoms. The number of rotatable bonds is 11. The van der Waals surface area contributed by atoms with Gasteiger partial charge in [0.05, 0.1) is 15.5 Å². The van der Waals surface area contributed by atoms with Gasteiger partial charge in [0.15, 0.2) is 0 Å². The summed E-state index contributed by atoms with van der Waals surface area (Å²) in [5, 5.41) is 6.70. The van der Waals surface area contributed by atoms with Crippen molar-refractivity contribution in [2.75, 3.05) is 0 Å². The van der Waals surface area contributed by atoms with Crippen LogP contribution in [0.5, 0.6) is 0 Å². The highest BCUT2D eigenvalue weighted by molar-refractivity contribution is 7.16. The van der Waals surface area contributed by atoms with E-state index in [1.807, 2.05) is 74.5 Å². The van der Waals surface area contributed by atoms with Gasteiger partial charge in [-0.3, -0.25) is 20.4 Å². The molecule has 1 heterocycles. The maximum atomic E-state index is 12.7. The lowest BCUT2D eigenvalue weighted by molar-refractivity contribution is -0.124. The summed E-state index contributed by atoms with van der Waals surface area (Å²) in [5.74, 6) is -0.919. The minimum Gasteiger partial charge on any atom is -0.445 e. The Hall–Kier alpha value is -4.18. The smallest absolute Gasteiger partial charge is 0.408 e. The molecule has 2 aromatic carbocycles. The summed E-state index contributed by atoms with van der Waals surface area (Å²) in [5.41, 5.74) is 7.27. The number of hydrazine groups is 1. The molecule has 200 valence electrons. The molecular weight excluding hydrogens is 504 g/mol. The molecule has 38 heavy (non-hydrogen) atoms. The van der Waals surface area contributed by atoms with Crippen molar-refractivity contribution >= 4 is 35.0 Å². The molecule has 0 saturated heterocycles. The third kappa shape index (κ3) is 9.36. The average Bonchev–Trinajstić information content (AvgIpc) is 3.42. The Balaban J connectivity index is 1.49. The van der Waals surface area contributed by atoms with Gasteiger partial charge >= 0.3 is 6.09 Å². The fraction of sp³-hybridized carbons (Fsp3) is 0.286. The number of hydrogen-bond acceptors (Lipinski definition) is 7. The van der Waals surface area contributed by atoms with E-state index in [2.05, 4.69) is 21.3 Å². The second kappa shape index (κ2) is 14.5. The van der Waals surface area contributed by atoms with E-state index in [0.717, 1.165) is 16.0 Å². The van der Waals surface area contributed by atoms with E-state index in [9.17, 15) is 14.4 Å². The van der Waals surface area contributed by atoms with Gasteiger partial charge in [0, 0.05) is 0 Å². The number of amides is 3. The SMILES string of the molecule is CC(=NOCc1ccccc1)c1ccc(C(=O)NNC(=O)[C@H](CC(C)C)NC(=O)OCc2ccccc2)s1. The summed E-state index contributed by atoms with van der Waals surface area (Å²) in [4.78, 5) is 44.2. The summed E-state index contributed by atoms with van der Waals surface area (Å²) in [6.07, 6.45) is -0.350. The van der Waals surface area contributed by atoms with E-state index in [0.29, 0.717) is 23.6 Å². The number of hydrogen-bond donors (Lipinski definition) is 3. The summed E-state index contributed by atoms with van der Waals surface area (Å²) in [6.45, 7) is 6.07. The molecule has 3 N–H and O–H groups in total. The number of carbonyl (C=O) groups is 3. The van der Waals surface area contributed by atoms with E-state index in [1.54, 1.807) is 19.1 Å². The highest BCUT2D eigenvalue weighted by Gasteiger charge is 2.23. The normalized spacial score (nSPS) is 11.9. The van der Waals surface area contributed by atoms with Crippen LogP contribution in [0.4, 0.5) is 4.79 Å². The molecule has 0 unspecified atom stereocenters. The summed E-state index contributed by atoms with van der Waals surface area (Å²) < 4.78 is 5.23. The second-order valence-electron chi connectivity index (χ2n) is 8.93. The molecule has 0 radical (unpaired) electrons. The number of carbonyl (C=O) groups excluding carboxylic acids is 3. The van der Waals surface area contributed by atoms with Gasteiger partial charge in [-0.15, -0.1) is 11.3 Å². The fourth-order valence-electron chi connectivity index (χ4n) is 3.35. The Labute approximate surface area is 226 Å². The van der Waals surface area contributed by atoms with E-state index in [1.165, 1.54) is 11.3 Å². The lowest BCUT2D eigenvalue weighted by Gasteiger charge is -2.20. The van der Waals surface area contributed by atoms with Crippen LogP contribution in [0.3, 0.4) is 0 Å². The maximum Gasteiger partial charge on any atom is 0.408 e. The lowest BCUT2D eigenvalue weighted by Crippen LogP contribution is -2.52. The van der Waals surface area contributed by atoms with Crippen molar-refractivity contribution in [1.82, 2.24) is 16.2 Å². The van der Waals surface area contributed by atoms with Crippen molar-refractivity contribution in [2.24, 2.45) is 11.1 Å². The van der Waals surface area contributed by atoms with Gasteiger partial charge < -0.3 is 14.9 Å². The van der Waals surface area contributed by atoms with Gasteiger partial charge in [-0.25, -0.2) is 4.79 Å². The van der Waals surface area contributed by atoms with Crippen molar-refractivity contribution in [3.63, 3.8) is 0 Å². The monoisotopic (exact) mass is 536 g/mol. The van der Waals surface area contributed by atoms with Gasteiger partial charge in [0.2, 0.25) is 0 Å². The Morgan fingerprint density at radius 3 is 2.08 bits per heavy atom. The predicted octanol–water partition coefficient (Wildman–Crippen LogP) is 4.79. The molecule has 1 atom stereocenters. The average molecular weight is 537 g/mol. The van der Waals surface area contributed by atoms with E-state index < -0.39 is 23.9 Å². The Morgan fingerprint density at radius 2 is 1.45 bits per heavy atom. The third-order valence-electron chi connectivity index (χ3n) is 5.29. The number of nitrogens with one attached hydrogen (secondary N) is 3. The molecule has 1 aromatic heterocycles. The lowest BCUT2D eigenvalue weighted by atomic mass is 10.0. The second-order valence-corrected chi connectivity index (χ2v) is 10.0. The van der Waals surface area contributed by atoms with Crippen molar-refractivity contribution in [1.29, 1.82) is 0 Å². The van der Waals surface area contributed by atoms with Crippen LogP contribution in [0.2, 0.25) is 0 Å². The number of benzene rings is 2. The zero-order valence-corrected chi connectivity index (χ0v) is 22.4. The van der Waals surface area contributed by atoms with Gasteiger partial charge in [-0.1, -0.05) is 79.7 Å². The summed E-state index contributed by atoms with van der Waals surface area (Å²) in [7, 11) is 0. The van der Waals surface area contributed by atoms with Crippen molar-refractivity contribution in [2.45, 2.75) is 46.4 Å². The molecule has 3 aromatic rings. The topological polar surface area (TPSA) is 118 Å². The summed E-state index contributed by atoms with van der Waals surface area (Å²) >= 11 is 1.22. The molecule has 3 amide bonds. The molecule has 0 fully saturated rings. The number of oxime groups is 1. The molecule has 0 aliphatic carbocycles. The number of ether oxygens (including phenoxy) is 1. The van der Waals surface area contributed by atoms with Gasteiger partial charge in [0.1, 0.15) is 19.3 Å². The highest BCUT2D eigenvalue weighted by atomic mass is 32.1. The molecule has 3 rings (SSSR count). The fourth-order valence-corrected chi connectivity index (χ4v) is 4.19. The largest absolute Gasteiger partial charge is 0.445 e. The van der Waals surface area contributed by atoms with E-state index in [-0.39, 0.29) is 12.5 Å². The van der Waals surface area contributed by atoms with Crippen molar-refractivity contribution < 1.29 is 24.0 Å². The molecule has 0 saturated carbocycles. The zero-order chi connectivity index (χ0) is 27.3. The Morgan fingerprint density at radius 1 is 0.842 bits per heavy atom. The van der Waals surface area contributed by atoms with Crippen LogP contribution < -0.4 is 16.2 Å². The summed E-state index contributed by atoms with van der Waals surface area (Å²) in [6, 6.07) is 21.4. The molecule has 9 nitrogen and oxygen atoms in total. The van der Waals surface area contributed by atoms with Crippen molar-refractivity contribution in [3.8, 4) is 0 Å².